The lowest BCUT2D eigenvalue weighted by Gasteiger charge is -2.15. The van der Waals surface area contributed by atoms with Crippen LogP contribution in [-0.2, 0) is 19.1 Å². The Kier molecular flexibility index (Phi) is 6.15. The number of hydrogen-bond acceptors (Lipinski definition) is 6. The van der Waals surface area contributed by atoms with E-state index in [2.05, 4.69) is 10.6 Å². The first-order valence-electron chi connectivity index (χ1n) is 9.47. The van der Waals surface area contributed by atoms with E-state index in [1.807, 2.05) is 0 Å². The number of nitrogens with zero attached hydrogens (tertiary/aromatic N) is 1. The van der Waals surface area contributed by atoms with Crippen molar-refractivity contribution in [3.63, 3.8) is 0 Å². The van der Waals surface area contributed by atoms with Crippen molar-refractivity contribution < 1.29 is 28.7 Å². The maximum Gasteiger partial charge on any atom is 0.326 e. The highest BCUT2D eigenvalue weighted by Gasteiger charge is 2.45. The highest BCUT2D eigenvalue weighted by atomic mass is 16.5. The van der Waals surface area contributed by atoms with E-state index < -0.39 is 42.5 Å². The Labute approximate surface area is 178 Å². The lowest BCUT2D eigenvalue weighted by atomic mass is 10.0. The van der Waals surface area contributed by atoms with E-state index in [1.165, 1.54) is 13.8 Å². The van der Waals surface area contributed by atoms with Crippen molar-refractivity contribution in [2.45, 2.75) is 19.4 Å². The van der Waals surface area contributed by atoms with Crippen LogP contribution in [0, 0.1) is 0 Å². The molecule has 2 N–H and O–H groups in total. The maximum atomic E-state index is 12.7. The Morgan fingerprint density at radius 1 is 1.00 bits per heavy atom. The number of benzene rings is 2. The summed E-state index contributed by atoms with van der Waals surface area (Å²) in [5, 5.41) is 4.99. The normalized spacial score (nSPS) is 14.7. The Morgan fingerprint density at radius 3 is 2.29 bits per heavy atom. The number of amides is 4. The van der Waals surface area contributed by atoms with Crippen molar-refractivity contribution in [1.82, 2.24) is 10.2 Å². The molecule has 0 unspecified atom stereocenters. The largest absolute Gasteiger partial charge is 0.454 e. The number of carbonyl (C=O) groups is 5. The molecule has 0 aromatic heterocycles. The summed E-state index contributed by atoms with van der Waals surface area (Å²) >= 11 is 0. The molecule has 2 aromatic rings. The molecule has 9 nitrogen and oxygen atoms in total. The summed E-state index contributed by atoms with van der Waals surface area (Å²) in [6, 6.07) is 14.4. The first kappa shape index (κ1) is 21.7. The van der Waals surface area contributed by atoms with Crippen molar-refractivity contribution in [1.29, 1.82) is 0 Å². The summed E-state index contributed by atoms with van der Waals surface area (Å²) < 4.78 is 4.88. The number of imide groups is 1. The highest BCUT2D eigenvalue weighted by Crippen LogP contribution is 2.19. The molecular weight excluding hydrogens is 402 g/mol. The molecule has 1 saturated heterocycles. The van der Waals surface area contributed by atoms with Crippen LogP contribution in [0.2, 0.25) is 0 Å². The number of esters is 1. The summed E-state index contributed by atoms with van der Waals surface area (Å²) in [7, 11) is 0. The lowest BCUT2D eigenvalue weighted by molar-refractivity contribution is -0.150. The van der Waals surface area contributed by atoms with Crippen LogP contribution in [0.5, 0.6) is 0 Å². The quantitative estimate of drug-likeness (QED) is 0.397. The third-order valence-corrected chi connectivity index (χ3v) is 4.58. The van der Waals surface area contributed by atoms with Gasteiger partial charge in [0.2, 0.25) is 0 Å². The van der Waals surface area contributed by atoms with E-state index >= 15 is 0 Å². The number of ether oxygens (including phenoxy) is 1. The second-order valence-electron chi connectivity index (χ2n) is 7.40. The molecule has 1 fully saturated rings. The first-order valence-corrected chi connectivity index (χ1v) is 9.47. The third-order valence-electron chi connectivity index (χ3n) is 4.58. The molecule has 0 spiro atoms. The van der Waals surface area contributed by atoms with Gasteiger partial charge < -0.3 is 15.4 Å². The van der Waals surface area contributed by atoms with Gasteiger partial charge in [0.25, 0.3) is 11.8 Å². The van der Waals surface area contributed by atoms with Crippen molar-refractivity contribution in [2.24, 2.45) is 0 Å². The number of anilines is 1. The van der Waals surface area contributed by atoms with Crippen molar-refractivity contribution in [3.8, 4) is 0 Å². The number of nitrogens with one attached hydrogen (secondary N) is 2. The lowest BCUT2D eigenvalue weighted by Crippen LogP contribution is -2.41. The van der Waals surface area contributed by atoms with Gasteiger partial charge in [-0.2, -0.15) is 0 Å². The number of rotatable bonds is 7. The zero-order valence-electron chi connectivity index (χ0n) is 17.0. The Morgan fingerprint density at radius 2 is 1.65 bits per heavy atom. The van der Waals surface area contributed by atoms with Gasteiger partial charge in [-0.1, -0.05) is 42.5 Å². The molecule has 31 heavy (non-hydrogen) atoms. The van der Waals surface area contributed by atoms with Crippen LogP contribution >= 0.6 is 0 Å². The summed E-state index contributed by atoms with van der Waals surface area (Å²) in [6.45, 7) is 1.78. The average Bonchev–Trinajstić information content (AvgIpc) is 2.94. The topological polar surface area (TPSA) is 122 Å². The first-order chi connectivity index (χ1) is 14.7. The number of para-hydroxylation sites is 1. The molecule has 0 saturated carbocycles. The molecule has 0 bridgehead atoms. The molecule has 0 atom stereocenters. The molecule has 9 heteroatoms. The Bertz CT molecular complexity index is 1050. The second kappa shape index (κ2) is 8.78. The monoisotopic (exact) mass is 423 g/mol. The molecular formula is C22H21N3O6. The minimum Gasteiger partial charge on any atom is -0.454 e. The van der Waals surface area contributed by atoms with Crippen LogP contribution in [0.3, 0.4) is 0 Å². The predicted molar refractivity (Wildman–Crippen MR) is 110 cm³/mol. The zero-order chi connectivity index (χ0) is 22.6. The van der Waals surface area contributed by atoms with Crippen LogP contribution in [0.25, 0.3) is 0 Å². The van der Waals surface area contributed by atoms with Crippen molar-refractivity contribution >= 4 is 35.3 Å². The molecule has 3 rings (SSSR count). The smallest absolute Gasteiger partial charge is 0.326 e. The Hall–Kier alpha value is -4.01. The van der Waals surface area contributed by atoms with Gasteiger partial charge in [-0.05, 0) is 26.0 Å². The number of ketones is 1. The van der Waals surface area contributed by atoms with Crippen LogP contribution in [-0.4, -0.2) is 53.2 Å². The van der Waals surface area contributed by atoms with Gasteiger partial charge in [0.15, 0.2) is 12.4 Å². The van der Waals surface area contributed by atoms with Crippen LogP contribution in [0.4, 0.5) is 10.5 Å². The molecule has 1 aliphatic heterocycles. The molecule has 1 heterocycles. The molecule has 0 aliphatic carbocycles. The van der Waals surface area contributed by atoms with E-state index in [0.29, 0.717) is 5.56 Å². The van der Waals surface area contributed by atoms with E-state index in [9.17, 15) is 24.0 Å². The van der Waals surface area contributed by atoms with Crippen molar-refractivity contribution in [2.75, 3.05) is 18.5 Å². The Balaban J connectivity index is 1.58. The van der Waals surface area contributed by atoms with Crippen LogP contribution in [0.15, 0.2) is 54.6 Å². The summed E-state index contributed by atoms with van der Waals surface area (Å²) in [6.07, 6.45) is 0. The SMILES string of the molecule is CC1(C)NC(=O)N(CC(=O)OCC(=O)Nc2ccccc2C(=O)c2ccccc2)C1=O. The standard InChI is InChI=1S/C22H21N3O6/c1-22(2)20(29)25(21(30)24-22)12-18(27)31-13-17(26)23-16-11-7-6-10-15(16)19(28)14-8-4-3-5-9-14/h3-11H,12-13H2,1-2H3,(H,23,26)(H,24,30). The fourth-order valence-corrected chi connectivity index (χ4v) is 3.00. The van der Waals surface area contributed by atoms with Gasteiger partial charge >= 0.3 is 12.0 Å². The third kappa shape index (κ3) is 4.95. The van der Waals surface area contributed by atoms with E-state index in [4.69, 9.17) is 4.74 Å². The van der Waals surface area contributed by atoms with Crippen LogP contribution < -0.4 is 10.6 Å². The average molecular weight is 423 g/mol. The van der Waals surface area contributed by atoms with Gasteiger partial charge in [0.05, 0.1) is 5.69 Å². The minimum atomic E-state index is -1.11. The summed E-state index contributed by atoms with van der Waals surface area (Å²) in [5.41, 5.74) is -0.0840. The minimum absolute atomic E-state index is 0.269. The number of urea groups is 1. The van der Waals surface area contributed by atoms with Gasteiger partial charge in [-0.25, -0.2) is 4.79 Å². The second-order valence-corrected chi connectivity index (χ2v) is 7.40. The molecule has 160 valence electrons. The highest BCUT2D eigenvalue weighted by molar-refractivity contribution is 6.14. The van der Waals surface area contributed by atoms with Crippen molar-refractivity contribution in [3.05, 3.63) is 65.7 Å². The van der Waals surface area contributed by atoms with Gasteiger partial charge in [-0.15, -0.1) is 0 Å². The molecule has 4 amide bonds. The molecule has 1 aliphatic rings. The van der Waals surface area contributed by atoms with E-state index in [-0.39, 0.29) is 17.0 Å². The van der Waals surface area contributed by atoms with Gasteiger partial charge in [0, 0.05) is 11.1 Å². The zero-order valence-corrected chi connectivity index (χ0v) is 17.0. The van der Waals surface area contributed by atoms with Gasteiger partial charge in [-0.3, -0.25) is 24.1 Å². The molecule has 0 radical (unpaired) electrons. The maximum absolute atomic E-state index is 12.7. The summed E-state index contributed by atoms with van der Waals surface area (Å²) in [4.78, 5) is 61.6. The number of carbonyl (C=O) groups excluding carboxylic acids is 5. The predicted octanol–water partition coefficient (Wildman–Crippen LogP) is 1.73. The fraction of sp³-hybridized carbons (Fsp3) is 0.227. The van der Waals surface area contributed by atoms with Gasteiger partial charge in [0.1, 0.15) is 12.1 Å². The van der Waals surface area contributed by atoms with Crippen LogP contribution in [0.1, 0.15) is 29.8 Å². The summed E-state index contributed by atoms with van der Waals surface area (Å²) in [5.74, 6) is -2.41. The molecule has 2 aromatic carbocycles. The fourth-order valence-electron chi connectivity index (χ4n) is 3.00. The van der Waals surface area contributed by atoms with E-state index in [1.54, 1.807) is 54.6 Å². The number of hydrogen-bond donors (Lipinski definition) is 2. The van der Waals surface area contributed by atoms with E-state index in [0.717, 1.165) is 4.90 Å².